The van der Waals surface area contributed by atoms with Gasteiger partial charge in [0.05, 0.1) is 18.0 Å². The summed E-state index contributed by atoms with van der Waals surface area (Å²) in [5.41, 5.74) is 0.803. The fourth-order valence-corrected chi connectivity index (χ4v) is 3.43. The number of imidazole rings is 1. The Bertz CT molecular complexity index is 454. The van der Waals surface area contributed by atoms with E-state index in [9.17, 15) is 4.79 Å². The van der Waals surface area contributed by atoms with Crippen LogP contribution in [0.4, 0.5) is 0 Å². The van der Waals surface area contributed by atoms with Gasteiger partial charge in [0.1, 0.15) is 6.23 Å². The number of H-pyrrole nitrogens is 1. The lowest BCUT2D eigenvalue weighted by Crippen LogP contribution is -2.49. The molecule has 118 valence electrons. The quantitative estimate of drug-likeness (QED) is 0.877. The van der Waals surface area contributed by atoms with E-state index in [0.717, 1.165) is 31.4 Å². The molecule has 5 heteroatoms. The molecule has 1 N–H and O–H groups in total. The highest BCUT2D eigenvalue weighted by molar-refractivity contribution is 5.77. The summed E-state index contributed by atoms with van der Waals surface area (Å²) in [6, 6.07) is 0.0744. The third kappa shape index (κ3) is 2.84. The van der Waals surface area contributed by atoms with Gasteiger partial charge in [0.15, 0.2) is 0 Å². The molecule has 1 aromatic rings. The van der Waals surface area contributed by atoms with Crippen molar-refractivity contribution >= 4 is 5.91 Å². The van der Waals surface area contributed by atoms with Gasteiger partial charge in [0, 0.05) is 24.7 Å². The highest BCUT2D eigenvalue weighted by Gasteiger charge is 2.52. The lowest BCUT2D eigenvalue weighted by Gasteiger charge is -2.34. The molecule has 2 atom stereocenters. The van der Waals surface area contributed by atoms with Gasteiger partial charge in [-0.05, 0) is 19.3 Å². The van der Waals surface area contributed by atoms with Crippen molar-refractivity contribution in [3.05, 3.63) is 18.2 Å². The SMILES string of the molecule is CCC(=O)N1[C@H](CC)OC(CC)(CC)[C@@H]1Cc1cnc[nH]1. The number of carbonyl (C=O) groups is 1. The molecule has 1 aliphatic rings. The second kappa shape index (κ2) is 6.60. The maximum atomic E-state index is 12.5. The molecule has 1 fully saturated rings. The molecule has 0 unspecified atom stereocenters. The molecule has 1 aromatic heterocycles. The van der Waals surface area contributed by atoms with Crippen LogP contribution in [0.1, 0.15) is 59.1 Å². The van der Waals surface area contributed by atoms with Crippen molar-refractivity contribution in [1.29, 1.82) is 0 Å². The average molecular weight is 293 g/mol. The largest absolute Gasteiger partial charge is 0.350 e. The first-order valence-corrected chi connectivity index (χ1v) is 8.08. The van der Waals surface area contributed by atoms with E-state index in [1.54, 1.807) is 6.33 Å². The maximum absolute atomic E-state index is 12.5. The van der Waals surface area contributed by atoms with E-state index in [4.69, 9.17) is 4.74 Å². The normalized spacial score (nSPS) is 24.5. The van der Waals surface area contributed by atoms with Crippen LogP contribution < -0.4 is 0 Å². The Balaban J connectivity index is 2.36. The van der Waals surface area contributed by atoms with Crippen molar-refractivity contribution in [3.8, 4) is 0 Å². The molecule has 1 saturated heterocycles. The molecule has 0 spiro atoms. The van der Waals surface area contributed by atoms with E-state index >= 15 is 0 Å². The Morgan fingerprint density at radius 2 is 2.10 bits per heavy atom. The van der Waals surface area contributed by atoms with E-state index in [-0.39, 0.29) is 23.8 Å². The molecular formula is C16H27N3O2. The van der Waals surface area contributed by atoms with Gasteiger partial charge in [-0.2, -0.15) is 0 Å². The number of hydrogen-bond donors (Lipinski definition) is 1. The van der Waals surface area contributed by atoms with Crippen molar-refractivity contribution in [2.24, 2.45) is 0 Å². The Kier molecular flexibility index (Phi) is 5.04. The summed E-state index contributed by atoms with van der Waals surface area (Å²) >= 11 is 0. The zero-order chi connectivity index (χ0) is 15.5. The van der Waals surface area contributed by atoms with Crippen molar-refractivity contribution in [2.75, 3.05) is 0 Å². The van der Waals surface area contributed by atoms with E-state index in [1.165, 1.54) is 0 Å². The van der Waals surface area contributed by atoms with Crippen LogP contribution >= 0.6 is 0 Å². The number of nitrogens with one attached hydrogen (secondary N) is 1. The van der Waals surface area contributed by atoms with Crippen molar-refractivity contribution in [2.45, 2.75) is 77.7 Å². The van der Waals surface area contributed by atoms with Gasteiger partial charge in [-0.1, -0.05) is 27.7 Å². The Labute approximate surface area is 127 Å². The molecule has 1 amide bonds. The van der Waals surface area contributed by atoms with Crippen molar-refractivity contribution < 1.29 is 9.53 Å². The van der Waals surface area contributed by atoms with E-state index < -0.39 is 0 Å². The van der Waals surface area contributed by atoms with Gasteiger partial charge < -0.3 is 14.6 Å². The topological polar surface area (TPSA) is 58.2 Å². The van der Waals surface area contributed by atoms with Gasteiger partial charge in [-0.15, -0.1) is 0 Å². The van der Waals surface area contributed by atoms with Crippen LogP contribution in [0.5, 0.6) is 0 Å². The van der Waals surface area contributed by atoms with Crippen LogP contribution in [0.25, 0.3) is 0 Å². The molecule has 2 rings (SSSR count). The summed E-state index contributed by atoms with van der Waals surface area (Å²) in [5, 5.41) is 0. The van der Waals surface area contributed by atoms with Gasteiger partial charge in [0.2, 0.25) is 5.91 Å². The maximum Gasteiger partial charge on any atom is 0.224 e. The van der Waals surface area contributed by atoms with Gasteiger partial charge in [0.25, 0.3) is 0 Å². The van der Waals surface area contributed by atoms with Crippen LogP contribution in [-0.4, -0.2) is 38.6 Å². The third-order valence-corrected chi connectivity index (χ3v) is 4.73. The second-order valence-corrected chi connectivity index (χ2v) is 5.70. The molecule has 2 heterocycles. The van der Waals surface area contributed by atoms with Gasteiger partial charge in [-0.25, -0.2) is 4.98 Å². The van der Waals surface area contributed by atoms with Crippen LogP contribution in [0.15, 0.2) is 12.5 Å². The molecule has 0 aromatic carbocycles. The number of aromatic amines is 1. The summed E-state index contributed by atoms with van der Waals surface area (Å²) in [4.78, 5) is 21.7. The summed E-state index contributed by atoms with van der Waals surface area (Å²) in [6.07, 6.45) is 7.35. The number of nitrogens with zero attached hydrogens (tertiary/aromatic N) is 2. The highest BCUT2D eigenvalue weighted by atomic mass is 16.5. The zero-order valence-corrected chi connectivity index (χ0v) is 13.6. The first-order chi connectivity index (χ1) is 10.1. The predicted octanol–water partition coefficient (Wildman–Crippen LogP) is 2.88. The van der Waals surface area contributed by atoms with Gasteiger partial charge in [-0.3, -0.25) is 4.79 Å². The van der Waals surface area contributed by atoms with E-state index in [0.29, 0.717) is 6.42 Å². The van der Waals surface area contributed by atoms with Crippen LogP contribution in [0.3, 0.4) is 0 Å². The summed E-state index contributed by atoms with van der Waals surface area (Å²) < 4.78 is 6.36. The van der Waals surface area contributed by atoms with Crippen LogP contribution in [0.2, 0.25) is 0 Å². The molecule has 0 aliphatic carbocycles. The fraction of sp³-hybridized carbons (Fsp3) is 0.750. The Morgan fingerprint density at radius 1 is 1.38 bits per heavy atom. The minimum atomic E-state index is -0.253. The molecule has 0 radical (unpaired) electrons. The predicted molar refractivity (Wildman–Crippen MR) is 81.7 cm³/mol. The van der Waals surface area contributed by atoms with Crippen molar-refractivity contribution in [3.63, 3.8) is 0 Å². The molecular weight excluding hydrogens is 266 g/mol. The smallest absolute Gasteiger partial charge is 0.224 e. The van der Waals surface area contributed by atoms with E-state index in [1.807, 2.05) is 18.0 Å². The molecule has 0 bridgehead atoms. The second-order valence-electron chi connectivity index (χ2n) is 5.70. The third-order valence-electron chi connectivity index (χ3n) is 4.73. The monoisotopic (exact) mass is 293 g/mol. The molecule has 5 nitrogen and oxygen atoms in total. The Hall–Kier alpha value is -1.36. The minimum Gasteiger partial charge on any atom is -0.350 e. The van der Waals surface area contributed by atoms with E-state index in [2.05, 4.69) is 30.7 Å². The summed E-state index contributed by atoms with van der Waals surface area (Å²) in [5.74, 6) is 0.176. The molecule has 0 saturated carbocycles. The number of ether oxygens (including phenoxy) is 1. The minimum absolute atomic E-state index is 0.0744. The number of rotatable bonds is 6. The molecule has 1 aliphatic heterocycles. The number of hydrogen-bond acceptors (Lipinski definition) is 3. The molecule has 21 heavy (non-hydrogen) atoms. The lowest BCUT2D eigenvalue weighted by molar-refractivity contribution is -0.138. The van der Waals surface area contributed by atoms with Gasteiger partial charge >= 0.3 is 0 Å². The highest BCUT2D eigenvalue weighted by Crippen LogP contribution is 2.40. The summed E-state index contributed by atoms with van der Waals surface area (Å²) in [7, 11) is 0. The number of aromatic nitrogens is 2. The average Bonchev–Trinajstić information content (AvgIpc) is 3.13. The first-order valence-electron chi connectivity index (χ1n) is 8.08. The number of amides is 1. The summed E-state index contributed by atoms with van der Waals surface area (Å²) in [6.45, 7) is 8.29. The van der Waals surface area contributed by atoms with Crippen molar-refractivity contribution in [1.82, 2.24) is 14.9 Å². The standard InChI is InChI=1S/C16H27N3O2/c1-5-14(20)19-13(9-12-10-17-11-18-12)16(7-3,8-4)21-15(19)6-2/h10-11,13,15H,5-9H2,1-4H3,(H,17,18)/t13-,15-/m0/s1. The lowest BCUT2D eigenvalue weighted by atomic mass is 9.85. The number of carbonyl (C=O) groups excluding carboxylic acids is 1. The first kappa shape index (κ1) is 16.0. The fourth-order valence-electron chi connectivity index (χ4n) is 3.43. The zero-order valence-electron chi connectivity index (χ0n) is 13.6. The van der Waals surface area contributed by atoms with Crippen LogP contribution in [-0.2, 0) is 16.0 Å². The Morgan fingerprint density at radius 3 is 2.57 bits per heavy atom. The van der Waals surface area contributed by atoms with Crippen LogP contribution in [0, 0.1) is 0 Å².